The van der Waals surface area contributed by atoms with E-state index in [9.17, 15) is 8.42 Å². The topological polar surface area (TPSA) is 46.7 Å². The molecule has 2 rings (SSSR count). The van der Waals surface area contributed by atoms with Crippen molar-refractivity contribution in [3.05, 3.63) is 34.9 Å². The molecule has 2 unspecified atom stereocenters. The Labute approximate surface area is 136 Å². The quantitative estimate of drug-likeness (QED) is 0.493. The second-order valence-corrected chi connectivity index (χ2v) is 7.26. The van der Waals surface area contributed by atoms with Crippen LogP contribution in [-0.2, 0) is 14.6 Å². The Morgan fingerprint density at radius 3 is 2.62 bits per heavy atom. The molecule has 0 radical (unpaired) electrons. The van der Waals surface area contributed by atoms with Gasteiger partial charge in [-0.3, -0.25) is 0 Å². The SMILES string of the molecule is [2H]C([2H])(CCCCCCC)S(=O)(=O)C1([2H])OC1c1ccccc1Cl. The lowest BCUT2D eigenvalue weighted by molar-refractivity contribution is 0.399. The molecule has 1 fully saturated rings. The standard InChI is InChI=1S/C16H23ClO3S/c1-2-3-4-5-6-9-12-21(18,19)16-15(20-16)13-10-7-8-11-14(13)17/h7-8,10-11,15-16H,2-6,9,12H2,1H3/i12D2,16D. The van der Waals surface area contributed by atoms with E-state index in [0.717, 1.165) is 25.7 Å². The Kier molecular flexibility index (Phi) is 4.68. The molecule has 1 aliphatic rings. The Bertz CT molecular complexity index is 681. The maximum atomic E-state index is 12.6. The van der Waals surface area contributed by atoms with Crippen molar-refractivity contribution < 1.29 is 17.3 Å². The minimum Gasteiger partial charge on any atom is -0.347 e. The lowest BCUT2D eigenvalue weighted by Crippen LogP contribution is -2.13. The van der Waals surface area contributed by atoms with Crippen molar-refractivity contribution in [2.45, 2.75) is 57.0 Å². The monoisotopic (exact) mass is 333 g/mol. The number of benzene rings is 1. The second kappa shape index (κ2) is 7.61. The smallest absolute Gasteiger partial charge is 0.189 e. The van der Waals surface area contributed by atoms with Crippen molar-refractivity contribution in [3.8, 4) is 0 Å². The van der Waals surface area contributed by atoms with Crippen LogP contribution in [0.2, 0.25) is 5.02 Å². The fourth-order valence-corrected chi connectivity index (χ4v) is 3.59. The lowest BCUT2D eigenvalue weighted by Gasteiger charge is -2.02. The van der Waals surface area contributed by atoms with E-state index in [1.807, 2.05) is 0 Å². The van der Waals surface area contributed by atoms with E-state index in [2.05, 4.69) is 6.92 Å². The van der Waals surface area contributed by atoms with E-state index in [1.54, 1.807) is 24.3 Å². The number of hydrogen-bond donors (Lipinski definition) is 0. The predicted octanol–water partition coefficient (Wildman–Crippen LogP) is 4.51. The number of ether oxygens (including phenoxy) is 1. The van der Waals surface area contributed by atoms with E-state index < -0.39 is 27.1 Å². The average molecular weight is 334 g/mol. The molecule has 0 aromatic heterocycles. The zero-order valence-electron chi connectivity index (χ0n) is 15.1. The summed E-state index contributed by atoms with van der Waals surface area (Å²) in [6, 6.07) is 6.56. The molecule has 1 aromatic rings. The first kappa shape index (κ1) is 12.9. The van der Waals surface area contributed by atoms with Gasteiger partial charge in [-0.15, -0.1) is 0 Å². The largest absolute Gasteiger partial charge is 0.347 e. The molecule has 1 saturated heterocycles. The minimum absolute atomic E-state index is 0.127. The van der Waals surface area contributed by atoms with Crippen LogP contribution in [0.3, 0.4) is 0 Å². The van der Waals surface area contributed by atoms with E-state index >= 15 is 0 Å². The van der Waals surface area contributed by atoms with Crippen molar-refractivity contribution in [1.82, 2.24) is 0 Å². The second-order valence-electron chi connectivity index (χ2n) is 5.15. The zero-order chi connectivity index (χ0) is 18.0. The number of hydrogen-bond acceptors (Lipinski definition) is 3. The predicted molar refractivity (Wildman–Crippen MR) is 86.2 cm³/mol. The van der Waals surface area contributed by atoms with Crippen molar-refractivity contribution in [3.63, 3.8) is 0 Å². The fraction of sp³-hybridized carbons (Fsp3) is 0.625. The highest BCUT2D eigenvalue weighted by Gasteiger charge is 2.50. The molecule has 0 bridgehead atoms. The van der Waals surface area contributed by atoms with Crippen molar-refractivity contribution >= 4 is 21.4 Å². The van der Waals surface area contributed by atoms with E-state index in [-0.39, 0.29) is 6.42 Å². The first-order valence-electron chi connectivity index (χ1n) is 8.84. The van der Waals surface area contributed by atoms with Gasteiger partial charge in [0.25, 0.3) is 0 Å². The van der Waals surface area contributed by atoms with Crippen LogP contribution in [0.4, 0.5) is 0 Å². The van der Waals surface area contributed by atoms with Gasteiger partial charge < -0.3 is 4.74 Å². The normalized spacial score (nSPS) is 27.7. The Morgan fingerprint density at radius 1 is 1.24 bits per heavy atom. The third-order valence-electron chi connectivity index (χ3n) is 3.42. The number of sulfone groups is 1. The third kappa shape index (κ3) is 4.70. The average Bonchev–Trinajstić information content (AvgIpc) is 3.21. The molecule has 1 heterocycles. The molecule has 3 nitrogen and oxygen atoms in total. The first-order chi connectivity index (χ1) is 11.2. The van der Waals surface area contributed by atoms with Crippen molar-refractivity contribution in [2.24, 2.45) is 0 Å². The fourth-order valence-electron chi connectivity index (χ4n) is 2.17. The molecule has 1 aliphatic heterocycles. The van der Waals surface area contributed by atoms with Crippen molar-refractivity contribution in [1.29, 1.82) is 0 Å². The van der Waals surface area contributed by atoms with Gasteiger partial charge in [-0.1, -0.05) is 68.8 Å². The zero-order valence-corrected chi connectivity index (χ0v) is 13.7. The van der Waals surface area contributed by atoms with Crippen LogP contribution in [-0.4, -0.2) is 19.5 Å². The van der Waals surface area contributed by atoms with Gasteiger partial charge in [0.15, 0.2) is 15.2 Å². The van der Waals surface area contributed by atoms with Gasteiger partial charge in [-0.2, -0.15) is 0 Å². The molecule has 0 aliphatic carbocycles. The van der Waals surface area contributed by atoms with Gasteiger partial charge in [0.05, 0.1) is 7.08 Å². The molecule has 0 saturated carbocycles. The maximum absolute atomic E-state index is 12.6. The summed E-state index contributed by atoms with van der Waals surface area (Å²) in [6.45, 7) is 2.08. The summed E-state index contributed by atoms with van der Waals surface area (Å²) in [6.07, 6.45) is 3.15. The summed E-state index contributed by atoms with van der Waals surface area (Å²) in [4.78, 5) is 0. The summed E-state index contributed by atoms with van der Waals surface area (Å²) >= 11 is 6.03. The van der Waals surface area contributed by atoms with Gasteiger partial charge in [-0.25, -0.2) is 8.42 Å². The van der Waals surface area contributed by atoms with Crippen LogP contribution >= 0.6 is 11.6 Å². The molecular formula is C16H23ClO3S. The molecule has 0 N–H and O–H groups in total. The minimum atomic E-state index is -4.45. The molecule has 118 valence electrons. The molecule has 21 heavy (non-hydrogen) atoms. The van der Waals surface area contributed by atoms with Crippen LogP contribution in [0.25, 0.3) is 0 Å². The maximum Gasteiger partial charge on any atom is 0.189 e. The van der Waals surface area contributed by atoms with Crippen LogP contribution in [0, 0.1) is 0 Å². The number of halogens is 1. The molecular weight excluding hydrogens is 308 g/mol. The van der Waals surface area contributed by atoms with Gasteiger partial charge in [0.2, 0.25) is 0 Å². The van der Waals surface area contributed by atoms with Gasteiger partial charge in [-0.05, 0) is 12.5 Å². The first-order valence-corrected chi connectivity index (χ1v) is 9.20. The Hall–Kier alpha value is -0.580. The van der Waals surface area contributed by atoms with Crippen LogP contribution in [0.1, 0.15) is 61.2 Å². The summed E-state index contributed by atoms with van der Waals surface area (Å²) in [5.41, 5.74) is -4.39. The third-order valence-corrected chi connectivity index (χ3v) is 5.18. The van der Waals surface area contributed by atoms with Crippen molar-refractivity contribution in [2.75, 3.05) is 5.70 Å². The Balaban J connectivity index is 2.08. The van der Waals surface area contributed by atoms with Gasteiger partial charge in [0, 0.05) is 13.3 Å². The van der Waals surface area contributed by atoms with Gasteiger partial charge in [0.1, 0.15) is 6.10 Å². The van der Waals surface area contributed by atoms with Gasteiger partial charge >= 0.3 is 0 Å². The molecule has 1 aromatic carbocycles. The van der Waals surface area contributed by atoms with Crippen LogP contribution in [0.5, 0.6) is 0 Å². The van der Waals surface area contributed by atoms with E-state index in [0.29, 0.717) is 17.0 Å². The highest BCUT2D eigenvalue weighted by Crippen LogP contribution is 2.45. The summed E-state index contributed by atoms with van der Waals surface area (Å²) in [5, 5.41) is 0.312. The van der Waals surface area contributed by atoms with Crippen LogP contribution < -0.4 is 0 Å². The Morgan fingerprint density at radius 2 is 1.90 bits per heavy atom. The summed E-state index contributed by atoms with van der Waals surface area (Å²) in [7, 11) is -4.45. The highest BCUT2D eigenvalue weighted by molar-refractivity contribution is 7.92. The highest BCUT2D eigenvalue weighted by atomic mass is 35.5. The van der Waals surface area contributed by atoms with E-state index in [4.69, 9.17) is 20.5 Å². The lowest BCUT2D eigenvalue weighted by atomic mass is 10.1. The molecule has 2 atom stereocenters. The number of epoxide rings is 1. The summed E-state index contributed by atoms with van der Waals surface area (Å²) < 4.78 is 54.4. The molecule has 5 heteroatoms. The van der Waals surface area contributed by atoms with E-state index in [1.165, 1.54) is 0 Å². The summed E-state index contributed by atoms with van der Waals surface area (Å²) in [5.74, 6) is 0. The number of unbranched alkanes of at least 4 members (excludes halogenated alkanes) is 4. The number of rotatable bonds is 9. The molecule has 0 amide bonds. The molecule has 0 spiro atoms. The van der Waals surface area contributed by atoms with Crippen LogP contribution in [0.15, 0.2) is 24.3 Å².